The van der Waals surface area contributed by atoms with Crippen molar-refractivity contribution in [1.29, 1.82) is 0 Å². The van der Waals surface area contributed by atoms with Gasteiger partial charge in [0.15, 0.2) is 5.78 Å². The van der Waals surface area contributed by atoms with E-state index in [1.165, 1.54) is 25.7 Å². The molecule has 1 aliphatic rings. The monoisotopic (exact) mass is 247 g/mol. The Balaban J connectivity index is 1.93. The summed E-state index contributed by atoms with van der Waals surface area (Å²) in [6, 6.07) is 6.13. The van der Waals surface area contributed by atoms with Gasteiger partial charge >= 0.3 is 0 Å². The van der Waals surface area contributed by atoms with Gasteiger partial charge in [-0.3, -0.25) is 4.79 Å². The molecule has 0 aliphatic heterocycles. The highest BCUT2D eigenvalue weighted by Gasteiger charge is 2.16. The fourth-order valence-electron chi connectivity index (χ4n) is 2.52. The summed E-state index contributed by atoms with van der Waals surface area (Å²) < 4.78 is 5.19. The van der Waals surface area contributed by atoms with Crippen molar-refractivity contribution in [2.75, 3.05) is 13.7 Å². The first-order valence-corrected chi connectivity index (χ1v) is 6.62. The molecule has 0 radical (unpaired) electrons. The summed E-state index contributed by atoms with van der Waals surface area (Å²) in [6.07, 6.45) is 4.98. The van der Waals surface area contributed by atoms with E-state index in [0.717, 1.165) is 16.9 Å². The standard InChI is InChI=1S/C15H21NO2/c1-11-9-12(7-8-15(11)18-2)14(17)10-16-13-5-3-4-6-13/h7-9,13,16H,3-6,10H2,1-2H3. The molecule has 0 atom stereocenters. The number of benzene rings is 1. The number of nitrogens with one attached hydrogen (secondary N) is 1. The molecule has 1 saturated carbocycles. The van der Waals surface area contributed by atoms with Crippen molar-refractivity contribution >= 4 is 5.78 Å². The first-order valence-electron chi connectivity index (χ1n) is 6.62. The summed E-state index contributed by atoms with van der Waals surface area (Å²) in [7, 11) is 1.64. The molecule has 1 aromatic rings. The van der Waals surface area contributed by atoms with Gasteiger partial charge in [0.25, 0.3) is 0 Å². The lowest BCUT2D eigenvalue weighted by Gasteiger charge is -2.11. The molecule has 2 rings (SSSR count). The Hall–Kier alpha value is -1.35. The van der Waals surface area contributed by atoms with E-state index in [-0.39, 0.29) is 5.78 Å². The van der Waals surface area contributed by atoms with E-state index in [1.54, 1.807) is 7.11 Å². The molecule has 0 aromatic heterocycles. The second-order valence-corrected chi connectivity index (χ2v) is 4.97. The number of carbonyl (C=O) groups excluding carboxylic acids is 1. The molecule has 1 aliphatic carbocycles. The van der Waals surface area contributed by atoms with Gasteiger partial charge in [0.2, 0.25) is 0 Å². The average Bonchev–Trinajstić information content (AvgIpc) is 2.89. The number of ether oxygens (including phenoxy) is 1. The second-order valence-electron chi connectivity index (χ2n) is 4.97. The van der Waals surface area contributed by atoms with Crippen LogP contribution in [0.1, 0.15) is 41.6 Å². The first kappa shape index (κ1) is 13.1. The number of hydrogen-bond acceptors (Lipinski definition) is 3. The molecule has 0 heterocycles. The predicted octanol–water partition coefficient (Wildman–Crippen LogP) is 2.72. The minimum Gasteiger partial charge on any atom is -0.496 e. The third-order valence-electron chi connectivity index (χ3n) is 3.62. The highest BCUT2D eigenvalue weighted by Crippen LogP contribution is 2.19. The summed E-state index contributed by atoms with van der Waals surface area (Å²) in [5, 5.41) is 3.35. The van der Waals surface area contributed by atoms with Crippen molar-refractivity contribution < 1.29 is 9.53 Å². The SMILES string of the molecule is COc1ccc(C(=O)CNC2CCCC2)cc1C. The highest BCUT2D eigenvalue weighted by molar-refractivity contribution is 5.98. The quantitative estimate of drug-likeness (QED) is 0.813. The Labute approximate surface area is 109 Å². The van der Waals surface area contributed by atoms with E-state index < -0.39 is 0 Å². The molecule has 98 valence electrons. The number of Topliss-reactive ketones (excluding diaryl/α,β-unsaturated/α-hetero) is 1. The minimum absolute atomic E-state index is 0.160. The van der Waals surface area contributed by atoms with Crippen LogP contribution in [0.5, 0.6) is 5.75 Å². The molecule has 0 spiro atoms. The van der Waals surface area contributed by atoms with Crippen molar-refractivity contribution in [3.8, 4) is 5.75 Å². The number of ketones is 1. The number of aryl methyl sites for hydroxylation is 1. The maximum atomic E-state index is 12.0. The molecule has 3 nitrogen and oxygen atoms in total. The van der Waals surface area contributed by atoms with Gasteiger partial charge in [0.05, 0.1) is 13.7 Å². The molecule has 18 heavy (non-hydrogen) atoms. The Morgan fingerprint density at radius 1 is 1.39 bits per heavy atom. The van der Waals surface area contributed by atoms with Crippen LogP contribution in [-0.2, 0) is 0 Å². The van der Waals surface area contributed by atoms with Gasteiger partial charge in [-0.15, -0.1) is 0 Å². The normalized spacial score (nSPS) is 15.9. The maximum Gasteiger partial charge on any atom is 0.176 e. The summed E-state index contributed by atoms with van der Waals surface area (Å²) in [5.41, 5.74) is 1.77. The van der Waals surface area contributed by atoms with Crippen LogP contribution in [0.2, 0.25) is 0 Å². The third-order valence-corrected chi connectivity index (χ3v) is 3.62. The topological polar surface area (TPSA) is 38.3 Å². The second kappa shape index (κ2) is 6.01. The number of hydrogen-bond donors (Lipinski definition) is 1. The van der Waals surface area contributed by atoms with Gasteiger partial charge in [-0.2, -0.15) is 0 Å². The van der Waals surface area contributed by atoms with Crippen LogP contribution in [0, 0.1) is 6.92 Å². The zero-order valence-corrected chi connectivity index (χ0v) is 11.2. The van der Waals surface area contributed by atoms with Crippen LogP contribution < -0.4 is 10.1 Å². The van der Waals surface area contributed by atoms with E-state index in [0.29, 0.717) is 12.6 Å². The van der Waals surface area contributed by atoms with E-state index in [4.69, 9.17) is 4.74 Å². The Kier molecular flexibility index (Phi) is 4.37. The van der Waals surface area contributed by atoms with E-state index in [9.17, 15) is 4.79 Å². The smallest absolute Gasteiger partial charge is 0.176 e. The van der Waals surface area contributed by atoms with Gasteiger partial charge in [-0.1, -0.05) is 12.8 Å². The predicted molar refractivity (Wildman–Crippen MR) is 72.3 cm³/mol. The van der Waals surface area contributed by atoms with Crippen molar-refractivity contribution in [1.82, 2.24) is 5.32 Å². The molecule has 1 aromatic carbocycles. The summed E-state index contributed by atoms with van der Waals surface area (Å²) in [6.45, 7) is 2.40. The van der Waals surface area contributed by atoms with Crippen molar-refractivity contribution in [3.63, 3.8) is 0 Å². The van der Waals surface area contributed by atoms with Crippen LogP contribution >= 0.6 is 0 Å². The lowest BCUT2D eigenvalue weighted by atomic mass is 10.1. The molecule has 1 N–H and O–H groups in total. The zero-order chi connectivity index (χ0) is 13.0. The van der Waals surface area contributed by atoms with E-state index >= 15 is 0 Å². The number of rotatable bonds is 5. The Bertz CT molecular complexity index is 423. The molecule has 1 fully saturated rings. The fourth-order valence-corrected chi connectivity index (χ4v) is 2.52. The van der Waals surface area contributed by atoms with Gasteiger partial charge in [-0.05, 0) is 43.5 Å². The largest absolute Gasteiger partial charge is 0.496 e. The van der Waals surface area contributed by atoms with Crippen molar-refractivity contribution in [3.05, 3.63) is 29.3 Å². The van der Waals surface area contributed by atoms with E-state index in [2.05, 4.69) is 5.32 Å². The van der Waals surface area contributed by atoms with Crippen LogP contribution in [0.4, 0.5) is 0 Å². The van der Waals surface area contributed by atoms with E-state index in [1.807, 2.05) is 25.1 Å². The Morgan fingerprint density at radius 3 is 2.72 bits per heavy atom. The highest BCUT2D eigenvalue weighted by atomic mass is 16.5. The van der Waals surface area contributed by atoms with Gasteiger partial charge in [0.1, 0.15) is 5.75 Å². The van der Waals surface area contributed by atoms with Crippen LogP contribution in [0.3, 0.4) is 0 Å². The maximum absolute atomic E-state index is 12.0. The van der Waals surface area contributed by atoms with Crippen LogP contribution in [0.15, 0.2) is 18.2 Å². The van der Waals surface area contributed by atoms with Crippen molar-refractivity contribution in [2.24, 2.45) is 0 Å². The number of methoxy groups -OCH3 is 1. The molecule has 0 unspecified atom stereocenters. The van der Waals surface area contributed by atoms with Gasteiger partial charge in [-0.25, -0.2) is 0 Å². The molecular formula is C15H21NO2. The van der Waals surface area contributed by atoms with Gasteiger partial charge < -0.3 is 10.1 Å². The summed E-state index contributed by atoms with van der Waals surface area (Å²) >= 11 is 0. The lowest BCUT2D eigenvalue weighted by Crippen LogP contribution is -2.31. The fraction of sp³-hybridized carbons (Fsp3) is 0.533. The van der Waals surface area contributed by atoms with Gasteiger partial charge in [0, 0.05) is 11.6 Å². The third kappa shape index (κ3) is 3.10. The molecule has 3 heteroatoms. The molecule has 0 amide bonds. The minimum atomic E-state index is 0.160. The average molecular weight is 247 g/mol. The molecular weight excluding hydrogens is 226 g/mol. The molecule has 0 bridgehead atoms. The summed E-state index contributed by atoms with van der Waals surface area (Å²) in [5.74, 6) is 0.989. The Morgan fingerprint density at radius 2 is 2.11 bits per heavy atom. The summed E-state index contributed by atoms with van der Waals surface area (Å²) in [4.78, 5) is 12.0. The lowest BCUT2D eigenvalue weighted by molar-refractivity contribution is 0.0987. The van der Waals surface area contributed by atoms with Crippen molar-refractivity contribution in [2.45, 2.75) is 38.6 Å². The van der Waals surface area contributed by atoms with Crippen LogP contribution in [0.25, 0.3) is 0 Å². The van der Waals surface area contributed by atoms with Crippen LogP contribution in [-0.4, -0.2) is 25.5 Å². The molecule has 0 saturated heterocycles. The number of carbonyl (C=O) groups is 1. The first-order chi connectivity index (χ1) is 8.70. The zero-order valence-electron chi connectivity index (χ0n) is 11.2.